The molecule has 0 aromatic carbocycles. The lowest BCUT2D eigenvalue weighted by Gasteiger charge is -2.21. The molecular weight excluding hydrogens is 176 g/mol. The maximum absolute atomic E-state index is 11.6. The number of fused-ring (bicyclic) bond motifs is 1. The molecule has 76 valence electrons. The third-order valence-electron chi connectivity index (χ3n) is 3.43. The SMILES string of the molecule is CC#CC(=O)N1CC2CNCC2C1C. The summed E-state index contributed by atoms with van der Waals surface area (Å²) in [5.74, 6) is 6.57. The molecule has 0 radical (unpaired) electrons. The van der Waals surface area contributed by atoms with Crippen molar-refractivity contribution in [1.82, 2.24) is 10.2 Å². The first-order valence-electron chi connectivity index (χ1n) is 5.18. The van der Waals surface area contributed by atoms with Crippen molar-refractivity contribution in [1.29, 1.82) is 0 Å². The Morgan fingerprint density at radius 3 is 2.93 bits per heavy atom. The van der Waals surface area contributed by atoms with E-state index in [1.54, 1.807) is 6.92 Å². The predicted octanol–water partition coefficient (Wildman–Crippen LogP) is 0.0760. The van der Waals surface area contributed by atoms with Crippen LogP contribution in [0.15, 0.2) is 0 Å². The maximum atomic E-state index is 11.6. The molecule has 0 aromatic rings. The average Bonchev–Trinajstić information content (AvgIpc) is 2.69. The lowest BCUT2D eigenvalue weighted by molar-refractivity contribution is -0.126. The minimum atomic E-state index is -0.00519. The Balaban J connectivity index is 2.08. The van der Waals surface area contributed by atoms with Crippen LogP contribution in [-0.2, 0) is 4.79 Å². The van der Waals surface area contributed by atoms with E-state index in [0.29, 0.717) is 17.9 Å². The quantitative estimate of drug-likeness (QED) is 0.551. The third-order valence-corrected chi connectivity index (χ3v) is 3.43. The minimum absolute atomic E-state index is 0.00519. The summed E-state index contributed by atoms with van der Waals surface area (Å²) in [4.78, 5) is 13.5. The fourth-order valence-corrected chi connectivity index (χ4v) is 2.61. The van der Waals surface area contributed by atoms with E-state index in [0.717, 1.165) is 19.6 Å². The van der Waals surface area contributed by atoms with Crippen LogP contribution in [0.5, 0.6) is 0 Å². The van der Waals surface area contributed by atoms with Gasteiger partial charge in [-0.2, -0.15) is 0 Å². The Morgan fingerprint density at radius 2 is 2.29 bits per heavy atom. The van der Waals surface area contributed by atoms with Crippen LogP contribution in [0.2, 0.25) is 0 Å². The highest BCUT2D eigenvalue weighted by Gasteiger charge is 2.43. The number of nitrogens with zero attached hydrogens (tertiary/aromatic N) is 1. The molecule has 0 aliphatic carbocycles. The van der Waals surface area contributed by atoms with E-state index >= 15 is 0 Å². The van der Waals surface area contributed by atoms with Crippen molar-refractivity contribution in [3.63, 3.8) is 0 Å². The van der Waals surface area contributed by atoms with Crippen LogP contribution in [0.3, 0.4) is 0 Å². The summed E-state index contributed by atoms with van der Waals surface area (Å²) < 4.78 is 0. The smallest absolute Gasteiger partial charge is 0.298 e. The fourth-order valence-electron chi connectivity index (χ4n) is 2.61. The Kier molecular flexibility index (Phi) is 2.47. The molecule has 2 saturated heterocycles. The second-order valence-corrected chi connectivity index (χ2v) is 4.16. The van der Waals surface area contributed by atoms with Gasteiger partial charge in [-0.05, 0) is 31.6 Å². The van der Waals surface area contributed by atoms with E-state index in [1.807, 2.05) is 4.90 Å². The van der Waals surface area contributed by atoms with Gasteiger partial charge in [0.05, 0.1) is 0 Å². The van der Waals surface area contributed by atoms with Gasteiger partial charge in [0.2, 0.25) is 0 Å². The molecule has 2 aliphatic heterocycles. The average molecular weight is 192 g/mol. The molecule has 2 rings (SSSR count). The number of likely N-dealkylation sites (tertiary alicyclic amines) is 1. The number of amides is 1. The molecule has 1 amide bonds. The van der Waals surface area contributed by atoms with Crippen molar-refractivity contribution in [3.8, 4) is 11.8 Å². The first-order chi connectivity index (χ1) is 6.74. The molecule has 3 atom stereocenters. The Morgan fingerprint density at radius 1 is 1.50 bits per heavy atom. The van der Waals surface area contributed by atoms with Crippen molar-refractivity contribution in [3.05, 3.63) is 0 Å². The zero-order valence-electron chi connectivity index (χ0n) is 8.71. The van der Waals surface area contributed by atoms with Gasteiger partial charge in [0.15, 0.2) is 0 Å². The van der Waals surface area contributed by atoms with Crippen LogP contribution in [0.25, 0.3) is 0 Å². The number of carbonyl (C=O) groups excluding carboxylic acids is 1. The monoisotopic (exact) mass is 192 g/mol. The summed E-state index contributed by atoms with van der Waals surface area (Å²) in [7, 11) is 0. The maximum Gasteiger partial charge on any atom is 0.298 e. The van der Waals surface area contributed by atoms with Crippen LogP contribution in [0, 0.1) is 23.7 Å². The molecule has 14 heavy (non-hydrogen) atoms. The summed E-state index contributed by atoms with van der Waals surface area (Å²) in [5.41, 5.74) is 0. The minimum Gasteiger partial charge on any atom is -0.329 e. The highest BCUT2D eigenvalue weighted by atomic mass is 16.2. The molecule has 3 nitrogen and oxygen atoms in total. The van der Waals surface area contributed by atoms with Gasteiger partial charge in [-0.3, -0.25) is 4.79 Å². The summed E-state index contributed by atoms with van der Waals surface area (Å²) in [6.07, 6.45) is 0. The second kappa shape index (κ2) is 3.62. The molecule has 0 spiro atoms. The topological polar surface area (TPSA) is 32.3 Å². The highest BCUT2D eigenvalue weighted by molar-refractivity contribution is 5.93. The Hall–Kier alpha value is -1.01. The molecule has 2 heterocycles. The van der Waals surface area contributed by atoms with E-state index in [4.69, 9.17) is 0 Å². The van der Waals surface area contributed by atoms with Crippen LogP contribution in [-0.4, -0.2) is 36.5 Å². The van der Waals surface area contributed by atoms with Crippen LogP contribution < -0.4 is 5.32 Å². The highest BCUT2D eigenvalue weighted by Crippen LogP contribution is 2.31. The van der Waals surface area contributed by atoms with Crippen molar-refractivity contribution < 1.29 is 4.79 Å². The molecule has 3 unspecified atom stereocenters. The van der Waals surface area contributed by atoms with Crippen molar-refractivity contribution in [2.24, 2.45) is 11.8 Å². The summed E-state index contributed by atoms with van der Waals surface area (Å²) in [6, 6.07) is 0.350. The van der Waals surface area contributed by atoms with Gasteiger partial charge in [0.25, 0.3) is 5.91 Å². The first kappa shape index (κ1) is 9.54. The third kappa shape index (κ3) is 1.40. The van der Waals surface area contributed by atoms with Crippen molar-refractivity contribution in [2.45, 2.75) is 19.9 Å². The molecule has 3 heteroatoms. The molecular formula is C11H16N2O. The van der Waals surface area contributed by atoms with Gasteiger partial charge in [-0.25, -0.2) is 0 Å². The molecule has 2 fully saturated rings. The van der Waals surface area contributed by atoms with Crippen molar-refractivity contribution in [2.75, 3.05) is 19.6 Å². The normalized spacial score (nSPS) is 35.0. The number of rotatable bonds is 0. The number of carbonyl (C=O) groups is 1. The number of hydrogen-bond donors (Lipinski definition) is 1. The lowest BCUT2D eigenvalue weighted by Crippen LogP contribution is -2.37. The van der Waals surface area contributed by atoms with Gasteiger partial charge in [0, 0.05) is 25.7 Å². The first-order valence-corrected chi connectivity index (χ1v) is 5.18. The van der Waals surface area contributed by atoms with E-state index in [1.165, 1.54) is 0 Å². The van der Waals surface area contributed by atoms with Crippen LogP contribution in [0.4, 0.5) is 0 Å². The van der Waals surface area contributed by atoms with E-state index in [2.05, 4.69) is 24.1 Å². The van der Waals surface area contributed by atoms with Crippen LogP contribution in [0.1, 0.15) is 13.8 Å². The predicted molar refractivity (Wildman–Crippen MR) is 54.5 cm³/mol. The summed E-state index contributed by atoms with van der Waals surface area (Å²) in [5, 5.41) is 3.37. The number of nitrogens with one attached hydrogen (secondary N) is 1. The largest absolute Gasteiger partial charge is 0.329 e. The lowest BCUT2D eigenvalue weighted by atomic mass is 9.95. The van der Waals surface area contributed by atoms with E-state index in [9.17, 15) is 4.79 Å². The molecule has 0 bridgehead atoms. The Labute approximate surface area is 84.8 Å². The second-order valence-electron chi connectivity index (χ2n) is 4.16. The standard InChI is InChI=1S/C11H16N2O/c1-3-4-11(14)13-7-9-5-12-6-10(9)8(13)2/h8-10,12H,5-7H2,1-2H3. The van der Waals surface area contributed by atoms with E-state index < -0.39 is 0 Å². The van der Waals surface area contributed by atoms with Gasteiger partial charge in [-0.15, -0.1) is 0 Å². The Bertz CT molecular complexity index is 302. The number of hydrogen-bond acceptors (Lipinski definition) is 2. The van der Waals surface area contributed by atoms with Crippen molar-refractivity contribution >= 4 is 5.91 Å². The van der Waals surface area contributed by atoms with Gasteiger partial charge < -0.3 is 10.2 Å². The van der Waals surface area contributed by atoms with Gasteiger partial charge in [-0.1, -0.05) is 5.92 Å². The zero-order valence-corrected chi connectivity index (χ0v) is 8.71. The molecule has 0 saturated carbocycles. The molecule has 0 aromatic heterocycles. The fraction of sp³-hybridized carbons (Fsp3) is 0.727. The summed E-state index contributed by atoms with van der Waals surface area (Å²) in [6.45, 7) is 6.83. The van der Waals surface area contributed by atoms with E-state index in [-0.39, 0.29) is 5.91 Å². The summed E-state index contributed by atoms with van der Waals surface area (Å²) >= 11 is 0. The van der Waals surface area contributed by atoms with Crippen LogP contribution >= 0.6 is 0 Å². The van der Waals surface area contributed by atoms with Gasteiger partial charge in [0.1, 0.15) is 0 Å². The molecule has 2 aliphatic rings. The molecule has 1 N–H and O–H groups in total. The van der Waals surface area contributed by atoms with Gasteiger partial charge >= 0.3 is 0 Å². The zero-order chi connectivity index (χ0) is 10.1.